The Labute approximate surface area is 120 Å². The summed E-state index contributed by atoms with van der Waals surface area (Å²) in [7, 11) is 0. The second kappa shape index (κ2) is 6.12. The first kappa shape index (κ1) is 13.9. The average molecular weight is 276 g/mol. The van der Waals surface area contributed by atoms with Gasteiger partial charge in [0.15, 0.2) is 5.79 Å². The van der Waals surface area contributed by atoms with Gasteiger partial charge in [0, 0.05) is 31.6 Å². The van der Waals surface area contributed by atoms with E-state index < -0.39 is 0 Å². The molecule has 1 aromatic rings. The number of nitrogens with two attached hydrogens (primary N) is 1. The topological polar surface area (TPSA) is 47.7 Å². The monoisotopic (exact) mass is 276 g/mol. The van der Waals surface area contributed by atoms with Crippen molar-refractivity contribution < 1.29 is 9.47 Å². The molecule has 0 radical (unpaired) electrons. The summed E-state index contributed by atoms with van der Waals surface area (Å²) in [5, 5.41) is 0. The second-order valence-electron chi connectivity index (χ2n) is 5.65. The molecule has 2 N–H and O–H groups in total. The van der Waals surface area contributed by atoms with Crippen molar-refractivity contribution in [3.8, 4) is 0 Å². The van der Waals surface area contributed by atoms with Gasteiger partial charge in [-0.1, -0.05) is 12.1 Å². The van der Waals surface area contributed by atoms with Crippen LogP contribution in [0, 0.1) is 0 Å². The van der Waals surface area contributed by atoms with Gasteiger partial charge in [0.2, 0.25) is 0 Å². The van der Waals surface area contributed by atoms with Gasteiger partial charge in [0.05, 0.1) is 13.2 Å². The summed E-state index contributed by atoms with van der Waals surface area (Å²) in [6.45, 7) is 4.26. The van der Waals surface area contributed by atoms with Crippen LogP contribution in [0.2, 0.25) is 0 Å². The number of ether oxygens (including phenoxy) is 2. The highest BCUT2D eigenvalue weighted by Crippen LogP contribution is 2.33. The number of nitrogens with zero attached hydrogens (tertiary/aromatic N) is 1. The third-order valence-corrected chi connectivity index (χ3v) is 4.31. The molecular formula is C16H24N2O2. The zero-order valence-electron chi connectivity index (χ0n) is 12.0. The summed E-state index contributed by atoms with van der Waals surface area (Å²) in [5.74, 6) is -0.280. The number of benzene rings is 1. The smallest absolute Gasteiger partial charge is 0.171 e. The lowest BCUT2D eigenvalue weighted by molar-refractivity contribution is -0.169. The molecule has 0 unspecified atom stereocenters. The van der Waals surface area contributed by atoms with Crippen LogP contribution in [-0.4, -0.2) is 38.6 Å². The van der Waals surface area contributed by atoms with E-state index in [-0.39, 0.29) is 5.79 Å². The third kappa shape index (κ3) is 2.97. The van der Waals surface area contributed by atoms with Gasteiger partial charge in [-0.3, -0.25) is 0 Å². The lowest BCUT2D eigenvalue weighted by Crippen LogP contribution is -2.45. The summed E-state index contributed by atoms with van der Waals surface area (Å²) in [6.07, 6.45) is 4.05. The average Bonchev–Trinajstić information content (AvgIpc) is 2.95. The van der Waals surface area contributed by atoms with E-state index in [1.807, 2.05) is 0 Å². The fourth-order valence-electron chi connectivity index (χ4n) is 3.07. The van der Waals surface area contributed by atoms with Gasteiger partial charge in [-0.15, -0.1) is 0 Å². The van der Waals surface area contributed by atoms with Crippen LogP contribution in [0.3, 0.4) is 0 Å². The Hall–Kier alpha value is -1.10. The SMILES string of the molecule is NCCCc1ccc(N2CCC3(CC2)OCCO3)cc1. The number of rotatable bonds is 4. The van der Waals surface area contributed by atoms with E-state index in [1.165, 1.54) is 11.3 Å². The maximum absolute atomic E-state index is 5.77. The van der Waals surface area contributed by atoms with Gasteiger partial charge in [-0.05, 0) is 37.1 Å². The minimum atomic E-state index is -0.280. The molecule has 1 aromatic carbocycles. The standard InChI is InChI=1S/C16H24N2O2/c17-9-1-2-14-3-5-15(6-4-14)18-10-7-16(8-11-18)19-12-13-20-16/h3-6H,1-2,7-13,17H2. The normalized spacial score (nSPS) is 21.6. The van der Waals surface area contributed by atoms with Gasteiger partial charge in [0.25, 0.3) is 0 Å². The van der Waals surface area contributed by atoms with Crippen molar-refractivity contribution in [2.24, 2.45) is 5.73 Å². The summed E-state index contributed by atoms with van der Waals surface area (Å²) in [4.78, 5) is 2.42. The zero-order valence-corrected chi connectivity index (χ0v) is 12.0. The molecule has 0 aliphatic carbocycles. The minimum Gasteiger partial charge on any atom is -0.371 e. The Morgan fingerprint density at radius 3 is 2.30 bits per heavy atom. The Kier molecular flexibility index (Phi) is 4.24. The van der Waals surface area contributed by atoms with Crippen LogP contribution in [0.25, 0.3) is 0 Å². The molecule has 3 rings (SSSR count). The molecule has 110 valence electrons. The number of hydrogen-bond donors (Lipinski definition) is 1. The Balaban J connectivity index is 1.57. The first-order valence-corrected chi connectivity index (χ1v) is 7.63. The second-order valence-corrected chi connectivity index (χ2v) is 5.65. The van der Waals surface area contributed by atoms with E-state index in [0.29, 0.717) is 0 Å². The highest BCUT2D eigenvalue weighted by Gasteiger charge is 2.39. The molecule has 4 heteroatoms. The molecule has 0 saturated carbocycles. The molecule has 0 bridgehead atoms. The molecule has 2 aliphatic heterocycles. The molecule has 2 heterocycles. The van der Waals surface area contributed by atoms with Crippen LogP contribution in [0.15, 0.2) is 24.3 Å². The van der Waals surface area contributed by atoms with Crippen LogP contribution < -0.4 is 10.6 Å². The van der Waals surface area contributed by atoms with Gasteiger partial charge in [-0.2, -0.15) is 0 Å². The maximum atomic E-state index is 5.77. The van der Waals surface area contributed by atoms with Crippen LogP contribution in [-0.2, 0) is 15.9 Å². The van der Waals surface area contributed by atoms with Crippen molar-refractivity contribution in [1.82, 2.24) is 0 Å². The highest BCUT2D eigenvalue weighted by molar-refractivity contribution is 5.48. The van der Waals surface area contributed by atoms with Gasteiger partial charge in [0.1, 0.15) is 0 Å². The molecule has 20 heavy (non-hydrogen) atoms. The van der Waals surface area contributed by atoms with Gasteiger partial charge < -0.3 is 20.1 Å². The molecule has 2 saturated heterocycles. The van der Waals surface area contributed by atoms with Crippen molar-refractivity contribution in [3.05, 3.63) is 29.8 Å². The van der Waals surface area contributed by atoms with Crippen LogP contribution in [0.1, 0.15) is 24.8 Å². The molecule has 2 aliphatic rings. The van der Waals surface area contributed by atoms with E-state index in [2.05, 4.69) is 29.2 Å². The quantitative estimate of drug-likeness (QED) is 0.913. The van der Waals surface area contributed by atoms with Gasteiger partial charge >= 0.3 is 0 Å². The fraction of sp³-hybridized carbons (Fsp3) is 0.625. The van der Waals surface area contributed by atoms with Crippen LogP contribution >= 0.6 is 0 Å². The first-order chi connectivity index (χ1) is 9.81. The van der Waals surface area contributed by atoms with Crippen molar-refractivity contribution in [1.29, 1.82) is 0 Å². The Morgan fingerprint density at radius 1 is 1.05 bits per heavy atom. The van der Waals surface area contributed by atoms with E-state index in [0.717, 1.165) is 58.5 Å². The fourth-order valence-corrected chi connectivity index (χ4v) is 3.07. The molecule has 0 amide bonds. The number of hydrogen-bond acceptors (Lipinski definition) is 4. The van der Waals surface area contributed by atoms with Crippen molar-refractivity contribution in [2.45, 2.75) is 31.5 Å². The lowest BCUT2D eigenvalue weighted by atomic mass is 10.0. The summed E-state index contributed by atoms with van der Waals surface area (Å²) < 4.78 is 11.5. The van der Waals surface area contributed by atoms with E-state index >= 15 is 0 Å². The maximum Gasteiger partial charge on any atom is 0.171 e. The summed E-state index contributed by atoms with van der Waals surface area (Å²) in [6, 6.07) is 8.89. The predicted molar refractivity (Wildman–Crippen MR) is 79.9 cm³/mol. The Bertz CT molecular complexity index is 417. The molecule has 4 nitrogen and oxygen atoms in total. The molecule has 1 spiro atoms. The van der Waals surface area contributed by atoms with E-state index in [4.69, 9.17) is 15.2 Å². The lowest BCUT2D eigenvalue weighted by Gasteiger charge is -2.38. The van der Waals surface area contributed by atoms with E-state index in [9.17, 15) is 0 Å². The van der Waals surface area contributed by atoms with Crippen LogP contribution in [0.4, 0.5) is 5.69 Å². The molecule has 0 atom stereocenters. The third-order valence-electron chi connectivity index (χ3n) is 4.31. The number of piperidine rings is 1. The number of aryl methyl sites for hydroxylation is 1. The highest BCUT2D eigenvalue weighted by atomic mass is 16.7. The summed E-state index contributed by atoms with van der Waals surface area (Å²) in [5.41, 5.74) is 8.22. The van der Waals surface area contributed by atoms with Gasteiger partial charge in [-0.25, -0.2) is 0 Å². The van der Waals surface area contributed by atoms with Crippen molar-refractivity contribution in [2.75, 3.05) is 37.7 Å². The molecule has 0 aromatic heterocycles. The minimum absolute atomic E-state index is 0.280. The van der Waals surface area contributed by atoms with Crippen molar-refractivity contribution in [3.63, 3.8) is 0 Å². The van der Waals surface area contributed by atoms with Crippen LogP contribution in [0.5, 0.6) is 0 Å². The Morgan fingerprint density at radius 2 is 1.70 bits per heavy atom. The van der Waals surface area contributed by atoms with E-state index in [1.54, 1.807) is 0 Å². The largest absolute Gasteiger partial charge is 0.371 e. The summed E-state index contributed by atoms with van der Waals surface area (Å²) >= 11 is 0. The zero-order chi connectivity index (χ0) is 13.8. The first-order valence-electron chi connectivity index (χ1n) is 7.63. The molecular weight excluding hydrogens is 252 g/mol. The predicted octanol–water partition coefficient (Wildman–Crippen LogP) is 1.92. The van der Waals surface area contributed by atoms with Crippen molar-refractivity contribution >= 4 is 5.69 Å². The molecule has 2 fully saturated rings. The number of anilines is 1.